The van der Waals surface area contributed by atoms with Crippen molar-refractivity contribution in [2.75, 3.05) is 11.3 Å². The zero-order chi connectivity index (χ0) is 20.4. The van der Waals surface area contributed by atoms with E-state index in [1.807, 2.05) is 61.0 Å². The Balaban J connectivity index is 1.55. The summed E-state index contributed by atoms with van der Waals surface area (Å²) in [5.41, 5.74) is 3.86. The van der Waals surface area contributed by atoms with Crippen LogP contribution in [0.5, 0.6) is 5.75 Å². The third-order valence-corrected chi connectivity index (χ3v) is 5.93. The van der Waals surface area contributed by atoms with E-state index in [9.17, 15) is 8.42 Å². The zero-order valence-corrected chi connectivity index (χ0v) is 17.0. The maximum Gasteiger partial charge on any atom is 0.261 e. The van der Waals surface area contributed by atoms with Crippen molar-refractivity contribution in [2.45, 2.75) is 18.7 Å². The molecule has 7 heteroatoms. The highest BCUT2D eigenvalue weighted by Crippen LogP contribution is 2.25. The van der Waals surface area contributed by atoms with E-state index in [-0.39, 0.29) is 4.90 Å². The molecule has 4 aromatic rings. The highest BCUT2D eigenvalue weighted by atomic mass is 32.2. The molecule has 148 valence electrons. The van der Waals surface area contributed by atoms with Gasteiger partial charge >= 0.3 is 0 Å². The molecule has 0 saturated heterocycles. The quantitative estimate of drug-likeness (QED) is 0.510. The Morgan fingerprint density at radius 1 is 1.07 bits per heavy atom. The molecule has 2 heterocycles. The number of nitrogens with zero attached hydrogens (tertiary/aromatic N) is 2. The average Bonchev–Trinajstić information content (AvgIpc) is 3.14. The molecular formula is C22H21N3O3S. The molecular weight excluding hydrogens is 386 g/mol. The lowest BCUT2D eigenvalue weighted by atomic mass is 10.1. The first-order valence-corrected chi connectivity index (χ1v) is 10.7. The predicted octanol–water partition coefficient (Wildman–Crippen LogP) is 4.51. The first-order chi connectivity index (χ1) is 14.0. The second-order valence-electron chi connectivity index (χ2n) is 6.64. The molecule has 0 aliphatic carbocycles. The number of imidazole rings is 1. The summed E-state index contributed by atoms with van der Waals surface area (Å²) in [5.74, 6) is 0.684. The molecule has 1 N–H and O–H groups in total. The van der Waals surface area contributed by atoms with E-state index < -0.39 is 10.0 Å². The second-order valence-corrected chi connectivity index (χ2v) is 8.32. The van der Waals surface area contributed by atoms with Crippen LogP contribution in [0.3, 0.4) is 0 Å². The van der Waals surface area contributed by atoms with Gasteiger partial charge in [-0.2, -0.15) is 0 Å². The number of aryl methyl sites for hydroxylation is 1. The Morgan fingerprint density at radius 2 is 1.86 bits per heavy atom. The molecule has 0 bridgehead atoms. The van der Waals surface area contributed by atoms with Gasteiger partial charge in [0.1, 0.15) is 11.4 Å². The van der Waals surface area contributed by atoms with E-state index in [1.165, 1.54) is 0 Å². The van der Waals surface area contributed by atoms with Crippen LogP contribution in [0.4, 0.5) is 5.69 Å². The molecule has 2 aromatic heterocycles. The average molecular weight is 407 g/mol. The first kappa shape index (κ1) is 19.0. The highest BCUT2D eigenvalue weighted by Gasteiger charge is 2.16. The number of hydrogen-bond acceptors (Lipinski definition) is 4. The van der Waals surface area contributed by atoms with Crippen LogP contribution in [0.25, 0.3) is 16.9 Å². The number of hydrogen-bond donors (Lipinski definition) is 1. The van der Waals surface area contributed by atoms with Gasteiger partial charge in [0.2, 0.25) is 0 Å². The largest absolute Gasteiger partial charge is 0.494 e. The van der Waals surface area contributed by atoms with Gasteiger partial charge in [-0.15, -0.1) is 0 Å². The molecule has 0 atom stereocenters. The minimum Gasteiger partial charge on any atom is -0.494 e. The van der Waals surface area contributed by atoms with Gasteiger partial charge in [-0.3, -0.25) is 4.72 Å². The Morgan fingerprint density at radius 3 is 2.55 bits per heavy atom. The summed E-state index contributed by atoms with van der Waals surface area (Å²) < 4.78 is 35.5. The van der Waals surface area contributed by atoms with Gasteiger partial charge < -0.3 is 9.14 Å². The van der Waals surface area contributed by atoms with Crippen molar-refractivity contribution in [1.29, 1.82) is 0 Å². The van der Waals surface area contributed by atoms with Crippen molar-refractivity contribution in [3.63, 3.8) is 0 Å². The highest BCUT2D eigenvalue weighted by molar-refractivity contribution is 7.92. The van der Waals surface area contributed by atoms with E-state index in [0.717, 1.165) is 22.5 Å². The predicted molar refractivity (Wildman–Crippen MR) is 114 cm³/mol. The van der Waals surface area contributed by atoms with E-state index >= 15 is 0 Å². The molecule has 0 fully saturated rings. The molecule has 2 aromatic carbocycles. The topological polar surface area (TPSA) is 72.7 Å². The number of fused-ring (bicyclic) bond motifs is 1. The number of aromatic nitrogens is 2. The van der Waals surface area contributed by atoms with Crippen molar-refractivity contribution >= 4 is 21.4 Å². The van der Waals surface area contributed by atoms with Crippen LogP contribution in [0, 0.1) is 6.92 Å². The molecule has 4 rings (SSSR count). The molecule has 0 aliphatic heterocycles. The maximum atomic E-state index is 12.7. The molecule has 0 saturated carbocycles. The molecule has 6 nitrogen and oxygen atoms in total. The van der Waals surface area contributed by atoms with Gasteiger partial charge in [0.15, 0.2) is 0 Å². The third kappa shape index (κ3) is 3.95. The Hall–Kier alpha value is -3.32. The van der Waals surface area contributed by atoms with Crippen LogP contribution in [-0.2, 0) is 10.0 Å². The normalized spacial score (nSPS) is 11.5. The number of anilines is 1. The number of sulfonamides is 1. The lowest BCUT2D eigenvalue weighted by Crippen LogP contribution is -2.13. The summed E-state index contributed by atoms with van der Waals surface area (Å²) in [6.45, 7) is 4.25. The lowest BCUT2D eigenvalue weighted by Gasteiger charge is -2.11. The monoisotopic (exact) mass is 407 g/mol. The minimum absolute atomic E-state index is 0.197. The lowest BCUT2D eigenvalue weighted by molar-refractivity contribution is 0.337. The van der Waals surface area contributed by atoms with Crippen molar-refractivity contribution in [3.05, 3.63) is 78.6 Å². The van der Waals surface area contributed by atoms with Gasteiger partial charge in [0.05, 0.1) is 17.2 Å². The standard InChI is InChI=1S/C22H21N3O3S/c1-3-28-21-12-11-19(14-16(21)2)29(26,27)24-18-9-7-17(8-10-18)20-15-25-13-5-4-6-22(25)23-20/h4-15,24H,3H2,1-2H3. The SMILES string of the molecule is CCOc1ccc(S(=O)(=O)Nc2ccc(-c3cn4ccccc4n3)cc2)cc1C. The summed E-state index contributed by atoms with van der Waals surface area (Å²) in [5, 5.41) is 0. The fraction of sp³-hybridized carbons (Fsp3) is 0.136. The fourth-order valence-corrected chi connectivity index (χ4v) is 4.25. The van der Waals surface area contributed by atoms with E-state index in [0.29, 0.717) is 18.0 Å². The summed E-state index contributed by atoms with van der Waals surface area (Å²) in [6.07, 6.45) is 3.88. The Labute approximate surface area is 169 Å². The van der Waals surface area contributed by atoms with Gasteiger partial charge in [0, 0.05) is 23.6 Å². The van der Waals surface area contributed by atoms with Crippen LogP contribution in [0.1, 0.15) is 12.5 Å². The van der Waals surface area contributed by atoms with E-state index in [2.05, 4.69) is 9.71 Å². The Kier molecular flexibility index (Phi) is 4.98. The fourth-order valence-electron chi connectivity index (χ4n) is 3.10. The third-order valence-electron chi connectivity index (χ3n) is 4.55. The van der Waals surface area contributed by atoms with E-state index in [4.69, 9.17) is 4.74 Å². The Bertz CT molecular complexity index is 1230. The van der Waals surface area contributed by atoms with Crippen molar-refractivity contribution in [2.24, 2.45) is 0 Å². The summed E-state index contributed by atoms with van der Waals surface area (Å²) in [6, 6.07) is 17.8. The molecule has 0 unspecified atom stereocenters. The number of benzene rings is 2. The number of ether oxygens (including phenoxy) is 1. The molecule has 0 aliphatic rings. The van der Waals surface area contributed by atoms with Gasteiger partial charge in [-0.25, -0.2) is 13.4 Å². The van der Waals surface area contributed by atoms with Gasteiger partial charge in [0.25, 0.3) is 10.0 Å². The molecule has 29 heavy (non-hydrogen) atoms. The van der Waals surface area contributed by atoms with Crippen molar-refractivity contribution in [3.8, 4) is 17.0 Å². The maximum absolute atomic E-state index is 12.7. The number of pyridine rings is 1. The van der Waals surface area contributed by atoms with Crippen LogP contribution in [0.15, 0.2) is 78.0 Å². The molecule has 0 spiro atoms. The molecule has 0 amide bonds. The van der Waals surface area contributed by atoms with Gasteiger partial charge in [-0.05, 0) is 61.9 Å². The summed E-state index contributed by atoms with van der Waals surface area (Å²) >= 11 is 0. The smallest absolute Gasteiger partial charge is 0.261 e. The van der Waals surface area contributed by atoms with E-state index in [1.54, 1.807) is 30.3 Å². The van der Waals surface area contributed by atoms with Crippen LogP contribution in [-0.4, -0.2) is 24.4 Å². The zero-order valence-electron chi connectivity index (χ0n) is 16.2. The summed E-state index contributed by atoms with van der Waals surface area (Å²) in [7, 11) is -3.69. The summed E-state index contributed by atoms with van der Waals surface area (Å²) in [4.78, 5) is 4.78. The van der Waals surface area contributed by atoms with Crippen molar-refractivity contribution < 1.29 is 13.2 Å². The number of nitrogens with one attached hydrogen (secondary N) is 1. The molecule has 0 radical (unpaired) electrons. The minimum atomic E-state index is -3.69. The number of rotatable bonds is 6. The second kappa shape index (κ2) is 7.60. The van der Waals surface area contributed by atoms with Gasteiger partial charge in [-0.1, -0.05) is 18.2 Å². The van der Waals surface area contributed by atoms with Crippen LogP contribution >= 0.6 is 0 Å². The van der Waals surface area contributed by atoms with Crippen molar-refractivity contribution in [1.82, 2.24) is 9.38 Å². The van der Waals surface area contributed by atoms with Crippen LogP contribution in [0.2, 0.25) is 0 Å². The van der Waals surface area contributed by atoms with Crippen LogP contribution < -0.4 is 9.46 Å². The first-order valence-electron chi connectivity index (χ1n) is 9.27.